The van der Waals surface area contributed by atoms with Crippen molar-refractivity contribution >= 4 is 11.8 Å². The van der Waals surface area contributed by atoms with E-state index < -0.39 is 12.0 Å². The molecule has 2 aliphatic carbocycles. The smallest absolute Gasteiger partial charge is 0.267 e. The van der Waals surface area contributed by atoms with Crippen molar-refractivity contribution in [3.8, 4) is 0 Å². The first-order valence-electron chi connectivity index (χ1n) is 9.64. The summed E-state index contributed by atoms with van der Waals surface area (Å²) in [6, 6.07) is -1.04. The molecule has 2 heterocycles. The summed E-state index contributed by atoms with van der Waals surface area (Å²) in [6.45, 7) is 4.49. The standard InChI is InChI=1S/C19H25F2N3O3/c1-11-15(12(2)27-23-11)17(26)24-9-8-18(10-24)6-3-4-13(18)16(25)22-14-5-7-19(14,20)21/h13-14H,3-10H2,1-2H3,(H,22,25). The minimum absolute atomic E-state index is 0.125. The van der Waals surface area contributed by atoms with Gasteiger partial charge in [0.15, 0.2) is 0 Å². The first-order chi connectivity index (χ1) is 12.7. The molecule has 148 valence electrons. The number of likely N-dealkylation sites (tertiary alicyclic amines) is 1. The molecule has 0 bridgehead atoms. The van der Waals surface area contributed by atoms with E-state index in [1.54, 1.807) is 18.7 Å². The Balaban J connectivity index is 1.47. The molecule has 1 aromatic heterocycles. The van der Waals surface area contributed by atoms with Gasteiger partial charge in [-0.05, 0) is 39.5 Å². The Morgan fingerprint density at radius 2 is 2.00 bits per heavy atom. The predicted molar refractivity (Wildman–Crippen MR) is 92.4 cm³/mol. The second kappa shape index (κ2) is 6.27. The molecule has 6 nitrogen and oxygen atoms in total. The zero-order valence-electron chi connectivity index (χ0n) is 15.7. The SMILES string of the molecule is Cc1noc(C)c1C(=O)N1CCC2(CCCC2C(=O)NC2CCC2(F)F)C1. The van der Waals surface area contributed by atoms with Gasteiger partial charge >= 0.3 is 0 Å². The molecule has 0 radical (unpaired) electrons. The van der Waals surface area contributed by atoms with Gasteiger partial charge in [0.05, 0.1) is 11.7 Å². The van der Waals surface area contributed by atoms with Gasteiger partial charge in [-0.2, -0.15) is 0 Å². The fourth-order valence-electron chi connectivity index (χ4n) is 5.01. The fourth-order valence-corrected chi connectivity index (χ4v) is 5.01. The highest BCUT2D eigenvalue weighted by molar-refractivity contribution is 5.96. The van der Waals surface area contributed by atoms with Crippen LogP contribution in [0.25, 0.3) is 0 Å². The number of hydrogen-bond donors (Lipinski definition) is 1. The molecule has 1 spiro atoms. The van der Waals surface area contributed by atoms with Crippen LogP contribution in [0.4, 0.5) is 8.78 Å². The number of amides is 2. The third-order valence-electron chi connectivity index (χ3n) is 6.74. The molecule has 3 unspecified atom stereocenters. The molecule has 4 rings (SSSR count). The van der Waals surface area contributed by atoms with Gasteiger partial charge in [0.2, 0.25) is 5.91 Å². The van der Waals surface area contributed by atoms with Crippen molar-refractivity contribution in [3.63, 3.8) is 0 Å². The van der Waals surface area contributed by atoms with Crippen molar-refractivity contribution < 1.29 is 22.9 Å². The highest BCUT2D eigenvalue weighted by atomic mass is 19.3. The number of halogens is 2. The summed E-state index contributed by atoms with van der Waals surface area (Å²) in [5.41, 5.74) is 0.740. The maximum Gasteiger partial charge on any atom is 0.267 e. The summed E-state index contributed by atoms with van der Waals surface area (Å²) in [6.07, 6.45) is 3.31. The largest absolute Gasteiger partial charge is 0.361 e. The van der Waals surface area contributed by atoms with E-state index in [0.717, 1.165) is 19.3 Å². The van der Waals surface area contributed by atoms with E-state index in [1.807, 2.05) is 0 Å². The summed E-state index contributed by atoms with van der Waals surface area (Å²) in [7, 11) is 0. The van der Waals surface area contributed by atoms with Gasteiger partial charge < -0.3 is 14.7 Å². The average Bonchev–Trinajstić information content (AvgIpc) is 3.32. The molecule has 1 aliphatic heterocycles. The normalized spacial score (nSPS) is 31.9. The molecule has 2 saturated carbocycles. The van der Waals surface area contributed by atoms with Crippen molar-refractivity contribution in [2.24, 2.45) is 11.3 Å². The summed E-state index contributed by atoms with van der Waals surface area (Å²) in [4.78, 5) is 27.4. The number of aromatic nitrogens is 1. The first kappa shape index (κ1) is 18.4. The lowest BCUT2D eigenvalue weighted by atomic mass is 9.76. The number of carbonyl (C=O) groups is 2. The second-order valence-electron chi connectivity index (χ2n) is 8.34. The third-order valence-corrected chi connectivity index (χ3v) is 6.74. The van der Waals surface area contributed by atoms with Crippen LogP contribution in [0.15, 0.2) is 4.52 Å². The van der Waals surface area contributed by atoms with Crippen LogP contribution in [0.1, 0.15) is 60.3 Å². The van der Waals surface area contributed by atoms with Gasteiger partial charge in [-0.1, -0.05) is 11.6 Å². The van der Waals surface area contributed by atoms with E-state index in [9.17, 15) is 18.4 Å². The minimum Gasteiger partial charge on any atom is -0.361 e. The Morgan fingerprint density at radius 1 is 1.22 bits per heavy atom. The fraction of sp³-hybridized carbons (Fsp3) is 0.737. The van der Waals surface area contributed by atoms with Gasteiger partial charge in [0.25, 0.3) is 11.8 Å². The van der Waals surface area contributed by atoms with Crippen LogP contribution in [0, 0.1) is 25.2 Å². The molecule has 27 heavy (non-hydrogen) atoms. The quantitative estimate of drug-likeness (QED) is 0.874. The lowest BCUT2D eigenvalue weighted by molar-refractivity contribution is -0.142. The molecular formula is C19H25F2N3O3. The van der Waals surface area contributed by atoms with Gasteiger partial charge in [-0.25, -0.2) is 8.78 Å². The minimum atomic E-state index is -2.79. The Kier molecular flexibility index (Phi) is 4.27. The van der Waals surface area contributed by atoms with E-state index in [4.69, 9.17) is 4.52 Å². The zero-order valence-corrected chi connectivity index (χ0v) is 15.7. The number of rotatable bonds is 3. The van der Waals surface area contributed by atoms with Crippen molar-refractivity contribution in [1.82, 2.24) is 15.4 Å². The number of hydrogen-bond acceptors (Lipinski definition) is 4. The van der Waals surface area contributed by atoms with Crippen LogP contribution >= 0.6 is 0 Å². The number of nitrogens with one attached hydrogen (secondary N) is 1. The summed E-state index contributed by atoms with van der Waals surface area (Å²) >= 11 is 0. The van der Waals surface area contributed by atoms with Gasteiger partial charge in [-0.3, -0.25) is 9.59 Å². The highest BCUT2D eigenvalue weighted by Gasteiger charge is 2.54. The maximum absolute atomic E-state index is 13.5. The summed E-state index contributed by atoms with van der Waals surface area (Å²) in [5, 5.41) is 6.42. The molecular weight excluding hydrogens is 356 g/mol. The molecule has 3 fully saturated rings. The van der Waals surface area contributed by atoms with Crippen LogP contribution in [-0.4, -0.2) is 46.9 Å². The van der Waals surface area contributed by atoms with Crippen LogP contribution in [0.5, 0.6) is 0 Å². The van der Waals surface area contributed by atoms with E-state index in [2.05, 4.69) is 10.5 Å². The van der Waals surface area contributed by atoms with Crippen LogP contribution in [0.2, 0.25) is 0 Å². The molecule has 3 aliphatic rings. The van der Waals surface area contributed by atoms with Gasteiger partial charge in [0.1, 0.15) is 11.3 Å². The van der Waals surface area contributed by atoms with E-state index in [-0.39, 0.29) is 29.6 Å². The van der Waals surface area contributed by atoms with E-state index >= 15 is 0 Å². The summed E-state index contributed by atoms with van der Waals surface area (Å²) in [5.74, 6) is -3.01. The Hall–Kier alpha value is -1.99. The van der Waals surface area contributed by atoms with E-state index in [0.29, 0.717) is 42.9 Å². The topological polar surface area (TPSA) is 75.4 Å². The van der Waals surface area contributed by atoms with Crippen molar-refractivity contribution in [2.75, 3.05) is 13.1 Å². The number of carbonyl (C=O) groups excluding carboxylic acids is 2. The monoisotopic (exact) mass is 381 g/mol. The molecule has 2 amide bonds. The Morgan fingerprint density at radius 3 is 2.59 bits per heavy atom. The molecule has 3 atom stereocenters. The third kappa shape index (κ3) is 2.93. The molecule has 8 heteroatoms. The van der Waals surface area contributed by atoms with Crippen LogP contribution < -0.4 is 5.32 Å². The zero-order chi connectivity index (χ0) is 19.4. The van der Waals surface area contributed by atoms with E-state index in [1.165, 1.54) is 0 Å². The lowest BCUT2D eigenvalue weighted by Gasteiger charge is -2.39. The Bertz CT molecular complexity index is 759. The molecule has 1 aromatic rings. The molecule has 1 N–H and O–H groups in total. The van der Waals surface area contributed by atoms with Crippen molar-refractivity contribution in [2.45, 2.75) is 64.3 Å². The molecule has 1 saturated heterocycles. The second-order valence-corrected chi connectivity index (χ2v) is 8.34. The maximum atomic E-state index is 13.5. The van der Waals surface area contributed by atoms with Crippen molar-refractivity contribution in [3.05, 3.63) is 17.0 Å². The van der Waals surface area contributed by atoms with Gasteiger partial charge in [-0.15, -0.1) is 0 Å². The predicted octanol–water partition coefficient (Wildman–Crippen LogP) is 2.84. The highest BCUT2D eigenvalue weighted by Crippen LogP contribution is 2.50. The average molecular weight is 381 g/mol. The lowest BCUT2D eigenvalue weighted by Crippen LogP contribution is -2.57. The van der Waals surface area contributed by atoms with Crippen LogP contribution in [0.3, 0.4) is 0 Å². The molecule has 0 aromatic carbocycles. The van der Waals surface area contributed by atoms with Crippen molar-refractivity contribution in [1.29, 1.82) is 0 Å². The van der Waals surface area contributed by atoms with Gasteiger partial charge in [0, 0.05) is 30.8 Å². The Labute approximate surface area is 156 Å². The summed E-state index contributed by atoms with van der Waals surface area (Å²) < 4.78 is 32.2. The van der Waals surface area contributed by atoms with Crippen LogP contribution in [-0.2, 0) is 4.79 Å². The number of nitrogens with zero attached hydrogens (tertiary/aromatic N) is 2. The number of alkyl halides is 2. The number of aryl methyl sites for hydroxylation is 2. The first-order valence-corrected chi connectivity index (χ1v) is 9.64.